The van der Waals surface area contributed by atoms with E-state index in [0.717, 1.165) is 5.56 Å². The minimum absolute atomic E-state index is 0.0537. The molecule has 1 rings (SSSR count). The van der Waals surface area contributed by atoms with E-state index < -0.39 is 5.11 Å². The number of benzene rings is 1. The summed E-state index contributed by atoms with van der Waals surface area (Å²) in [7, 11) is 0. The fourth-order valence-corrected chi connectivity index (χ4v) is 2.70. The summed E-state index contributed by atoms with van der Waals surface area (Å²) in [4.78, 5) is 0. The van der Waals surface area contributed by atoms with Gasteiger partial charge in [0.25, 0.3) is 0 Å². The Bertz CT molecular complexity index is 311. The zero-order chi connectivity index (χ0) is 9.90. The highest BCUT2D eigenvalue weighted by molar-refractivity contribution is 8.26. The molecule has 0 spiro atoms. The Morgan fingerprint density at radius 3 is 2.15 bits per heavy atom. The highest BCUT2D eigenvalue weighted by Crippen LogP contribution is 2.66. The summed E-state index contributed by atoms with van der Waals surface area (Å²) in [5.41, 5.74) is 1.06. The van der Waals surface area contributed by atoms with E-state index in [4.69, 9.17) is 33.7 Å². The van der Waals surface area contributed by atoms with Crippen LogP contribution < -0.4 is 0 Å². The van der Waals surface area contributed by atoms with Gasteiger partial charge in [0.05, 0.1) is 6.04 Å². The van der Waals surface area contributed by atoms with Crippen LogP contribution in [0.2, 0.25) is 0 Å². The lowest BCUT2D eigenvalue weighted by atomic mass is 10.1. The van der Waals surface area contributed by atoms with Crippen LogP contribution in [0.15, 0.2) is 35.1 Å². The molecule has 0 aliphatic carbocycles. The van der Waals surface area contributed by atoms with E-state index in [9.17, 15) is 0 Å². The highest BCUT2D eigenvalue weighted by Gasteiger charge is 2.10. The molecule has 5 heteroatoms. The molecule has 0 aromatic heterocycles. The van der Waals surface area contributed by atoms with Crippen molar-refractivity contribution in [2.45, 2.75) is 13.0 Å². The minimum Gasteiger partial charge on any atom is -0.253 e. The molecule has 1 aromatic rings. The summed E-state index contributed by atoms with van der Waals surface area (Å²) in [6.45, 7) is 1.91. The number of hydrogen-bond acceptors (Lipinski definition) is 1. The van der Waals surface area contributed by atoms with Crippen LogP contribution in [-0.2, 0) is 0 Å². The van der Waals surface area contributed by atoms with Crippen LogP contribution in [0.25, 0.3) is 0 Å². The van der Waals surface area contributed by atoms with Gasteiger partial charge in [-0.15, -0.1) is 0 Å². The lowest BCUT2D eigenvalue weighted by molar-refractivity contribution is 0.834. The van der Waals surface area contributed by atoms with Crippen LogP contribution in [-0.4, -0.2) is 0 Å². The summed E-state index contributed by atoms with van der Waals surface area (Å²) in [5, 5.41) is -2.60. The second-order valence-corrected chi connectivity index (χ2v) is 9.65. The second kappa shape index (κ2) is 4.70. The average molecular weight is 256 g/mol. The maximum absolute atomic E-state index is 5.65. The molecule has 0 saturated carbocycles. The third-order valence-corrected chi connectivity index (χ3v) is 2.98. The van der Waals surface area contributed by atoms with Crippen LogP contribution in [0.1, 0.15) is 18.5 Å². The minimum atomic E-state index is -2.60. The van der Waals surface area contributed by atoms with Crippen LogP contribution >= 0.6 is 38.8 Å². The van der Waals surface area contributed by atoms with Gasteiger partial charge in [-0.3, -0.25) is 4.74 Å². The van der Waals surface area contributed by atoms with Crippen molar-refractivity contribution in [3.8, 4) is 0 Å². The van der Waals surface area contributed by atoms with Crippen molar-refractivity contribution in [1.29, 1.82) is 0 Å². The van der Waals surface area contributed by atoms with Gasteiger partial charge in [-0.2, -0.15) is 0 Å². The molecule has 0 aliphatic heterocycles. The van der Waals surface area contributed by atoms with Crippen molar-refractivity contribution < 1.29 is 0 Å². The predicted molar refractivity (Wildman–Crippen MR) is 61.8 cm³/mol. The molecule has 0 fully saturated rings. The molecule has 0 bridgehead atoms. The van der Waals surface area contributed by atoms with E-state index in [-0.39, 0.29) is 6.04 Å². The SMILES string of the molecule is C[C@H](N=P(Cl)(Cl)Cl)c1ccccc1. The van der Waals surface area contributed by atoms with Crippen molar-refractivity contribution in [3.63, 3.8) is 0 Å². The normalized spacial score (nSPS) is 13.8. The standard InChI is InChI=1S/C8H9Cl3NP/c1-7(12-13(9,10)11)8-5-3-2-4-6-8/h2-7H,1H3/t7-/m0/s1. The van der Waals surface area contributed by atoms with Gasteiger partial charge >= 0.3 is 0 Å². The molecular weight excluding hydrogens is 247 g/mol. The van der Waals surface area contributed by atoms with Gasteiger partial charge in [0, 0.05) is 0 Å². The Morgan fingerprint density at radius 1 is 1.15 bits per heavy atom. The smallest absolute Gasteiger partial charge is 0.224 e. The van der Waals surface area contributed by atoms with E-state index in [1.165, 1.54) is 0 Å². The quantitative estimate of drug-likeness (QED) is 0.627. The van der Waals surface area contributed by atoms with Crippen molar-refractivity contribution >= 4 is 38.8 Å². The third-order valence-electron chi connectivity index (χ3n) is 1.59. The Hall–Kier alpha value is 0.320. The number of nitrogens with zero attached hydrogens (tertiary/aromatic N) is 1. The summed E-state index contributed by atoms with van der Waals surface area (Å²) in [6, 6.07) is 9.71. The lowest BCUT2D eigenvalue weighted by Crippen LogP contribution is -1.86. The molecule has 13 heavy (non-hydrogen) atoms. The summed E-state index contributed by atoms with van der Waals surface area (Å²) in [5.74, 6) is 0. The Balaban J connectivity index is 2.88. The van der Waals surface area contributed by atoms with Gasteiger partial charge in [-0.05, 0) is 46.2 Å². The van der Waals surface area contributed by atoms with Crippen molar-refractivity contribution in [2.75, 3.05) is 0 Å². The van der Waals surface area contributed by atoms with E-state index >= 15 is 0 Å². The van der Waals surface area contributed by atoms with Gasteiger partial charge < -0.3 is 0 Å². The van der Waals surface area contributed by atoms with Crippen LogP contribution in [0.5, 0.6) is 0 Å². The number of halogens is 3. The van der Waals surface area contributed by atoms with Crippen LogP contribution in [0, 0.1) is 0 Å². The molecule has 0 radical (unpaired) electrons. The monoisotopic (exact) mass is 255 g/mol. The van der Waals surface area contributed by atoms with Crippen LogP contribution in [0.4, 0.5) is 0 Å². The van der Waals surface area contributed by atoms with Crippen molar-refractivity contribution in [1.82, 2.24) is 0 Å². The zero-order valence-corrected chi connectivity index (χ0v) is 10.2. The summed E-state index contributed by atoms with van der Waals surface area (Å²) >= 11 is 17.0. The van der Waals surface area contributed by atoms with Crippen molar-refractivity contribution in [2.24, 2.45) is 4.74 Å². The molecule has 0 heterocycles. The Morgan fingerprint density at radius 2 is 1.69 bits per heavy atom. The van der Waals surface area contributed by atoms with E-state index in [1.54, 1.807) is 0 Å². The number of hydrogen-bond donors (Lipinski definition) is 0. The topological polar surface area (TPSA) is 12.4 Å². The van der Waals surface area contributed by atoms with E-state index in [1.807, 2.05) is 37.3 Å². The Kier molecular flexibility index (Phi) is 4.12. The summed E-state index contributed by atoms with van der Waals surface area (Å²) in [6.07, 6.45) is 0. The largest absolute Gasteiger partial charge is 0.253 e. The Labute approximate surface area is 92.4 Å². The molecule has 0 saturated heterocycles. The molecule has 72 valence electrons. The molecule has 0 aliphatic rings. The van der Waals surface area contributed by atoms with E-state index in [0.29, 0.717) is 0 Å². The lowest BCUT2D eigenvalue weighted by Gasteiger charge is -2.08. The van der Waals surface area contributed by atoms with Gasteiger partial charge in [-0.25, -0.2) is 0 Å². The summed E-state index contributed by atoms with van der Waals surface area (Å²) < 4.78 is 4.09. The maximum Gasteiger partial charge on any atom is 0.224 e. The first-order valence-electron chi connectivity index (χ1n) is 3.74. The maximum atomic E-state index is 5.65. The predicted octanol–water partition coefficient (Wildman–Crippen LogP) is 5.41. The molecule has 1 aromatic carbocycles. The fourth-order valence-electron chi connectivity index (χ4n) is 0.995. The molecule has 0 N–H and O–H groups in total. The van der Waals surface area contributed by atoms with Crippen molar-refractivity contribution in [3.05, 3.63) is 35.9 Å². The van der Waals surface area contributed by atoms with Gasteiger partial charge in [-0.1, -0.05) is 30.3 Å². The fraction of sp³-hybridized carbons (Fsp3) is 0.250. The zero-order valence-electron chi connectivity index (χ0n) is 6.99. The molecule has 1 atom stereocenters. The highest BCUT2D eigenvalue weighted by atomic mass is 36.0. The first kappa shape index (κ1) is 11.4. The molecule has 0 amide bonds. The first-order valence-corrected chi connectivity index (χ1v) is 8.20. The number of rotatable bonds is 2. The van der Waals surface area contributed by atoms with E-state index in [2.05, 4.69) is 4.74 Å². The molecular formula is C8H9Cl3NP. The third kappa shape index (κ3) is 4.37. The molecule has 0 unspecified atom stereocenters. The first-order chi connectivity index (χ1) is 5.99. The van der Waals surface area contributed by atoms with Gasteiger partial charge in [0.1, 0.15) is 0 Å². The van der Waals surface area contributed by atoms with Gasteiger partial charge in [0.2, 0.25) is 5.11 Å². The molecule has 1 nitrogen and oxygen atoms in total. The average Bonchev–Trinajstić information content (AvgIpc) is 2.03. The van der Waals surface area contributed by atoms with Gasteiger partial charge in [0.15, 0.2) is 0 Å². The van der Waals surface area contributed by atoms with Crippen LogP contribution in [0.3, 0.4) is 0 Å². The second-order valence-electron chi connectivity index (χ2n) is 2.62.